The largest absolute Gasteiger partial charge is 0.444 e. The van der Waals surface area contributed by atoms with Gasteiger partial charge in [0.05, 0.1) is 5.56 Å². The third-order valence-electron chi connectivity index (χ3n) is 3.45. The molecule has 0 aliphatic carbocycles. The van der Waals surface area contributed by atoms with Gasteiger partial charge in [-0.25, -0.2) is 4.79 Å². The molecule has 25 heavy (non-hydrogen) atoms. The topological polar surface area (TPSA) is 50.4 Å². The van der Waals surface area contributed by atoms with Crippen LogP contribution in [0, 0.1) is 5.92 Å². The van der Waals surface area contributed by atoms with Crippen LogP contribution in [0.5, 0.6) is 0 Å². The van der Waals surface area contributed by atoms with Crippen LogP contribution in [0.25, 0.3) is 0 Å². The average molecular weight is 360 g/mol. The molecular weight excluding hydrogens is 333 g/mol. The molecule has 1 aromatic rings. The molecule has 0 fully saturated rings. The minimum atomic E-state index is -4.35. The Morgan fingerprint density at radius 3 is 2.36 bits per heavy atom. The Labute approximate surface area is 147 Å². The van der Waals surface area contributed by atoms with Crippen LogP contribution in [0.3, 0.4) is 0 Å². The molecule has 7 heteroatoms. The van der Waals surface area contributed by atoms with Crippen molar-refractivity contribution in [3.63, 3.8) is 0 Å². The number of benzene rings is 1. The highest BCUT2D eigenvalue weighted by molar-refractivity contribution is 5.68. The SMILES string of the molecule is CC(C)[C@H](CNCc1cccc(C(F)(F)F)c1)NC(=O)OC(C)(C)C. The second kappa shape index (κ2) is 8.56. The van der Waals surface area contributed by atoms with E-state index in [0.29, 0.717) is 12.1 Å². The second-order valence-corrected chi connectivity index (χ2v) is 7.33. The van der Waals surface area contributed by atoms with Gasteiger partial charge in [0.1, 0.15) is 5.60 Å². The molecule has 0 spiro atoms. The van der Waals surface area contributed by atoms with Crippen LogP contribution in [0.1, 0.15) is 45.7 Å². The molecule has 1 aromatic carbocycles. The molecular formula is C18H27F3N2O2. The second-order valence-electron chi connectivity index (χ2n) is 7.33. The van der Waals surface area contributed by atoms with Gasteiger partial charge in [-0.05, 0) is 38.3 Å². The van der Waals surface area contributed by atoms with Crippen molar-refractivity contribution in [1.82, 2.24) is 10.6 Å². The highest BCUT2D eigenvalue weighted by Crippen LogP contribution is 2.29. The molecule has 0 unspecified atom stereocenters. The summed E-state index contributed by atoms with van der Waals surface area (Å²) in [5.74, 6) is 0.140. The fraction of sp³-hybridized carbons (Fsp3) is 0.611. The smallest absolute Gasteiger partial charge is 0.416 e. The van der Waals surface area contributed by atoms with E-state index in [-0.39, 0.29) is 18.5 Å². The third kappa shape index (κ3) is 8.25. The number of alkyl carbamates (subject to hydrolysis) is 1. The molecule has 1 amide bonds. The van der Waals surface area contributed by atoms with Crippen LogP contribution in [0.15, 0.2) is 24.3 Å². The van der Waals surface area contributed by atoms with Gasteiger partial charge >= 0.3 is 12.3 Å². The van der Waals surface area contributed by atoms with Crippen LogP contribution in [-0.2, 0) is 17.5 Å². The lowest BCUT2D eigenvalue weighted by molar-refractivity contribution is -0.137. The lowest BCUT2D eigenvalue weighted by Crippen LogP contribution is -2.46. The summed E-state index contributed by atoms with van der Waals surface area (Å²) in [5.41, 5.74) is -0.717. The minimum Gasteiger partial charge on any atom is -0.444 e. The van der Waals surface area contributed by atoms with Gasteiger partial charge in [-0.15, -0.1) is 0 Å². The minimum absolute atomic E-state index is 0.140. The van der Waals surface area contributed by atoms with E-state index in [1.807, 2.05) is 13.8 Å². The number of carbonyl (C=O) groups excluding carboxylic acids is 1. The van der Waals surface area contributed by atoms with Gasteiger partial charge in [0.2, 0.25) is 0 Å². The fourth-order valence-corrected chi connectivity index (χ4v) is 2.14. The summed E-state index contributed by atoms with van der Waals surface area (Å²) in [5, 5.41) is 5.88. The number of alkyl halides is 3. The number of rotatable bonds is 6. The molecule has 0 aliphatic heterocycles. The Balaban J connectivity index is 2.57. The number of halogens is 3. The van der Waals surface area contributed by atoms with Gasteiger partial charge < -0.3 is 15.4 Å². The van der Waals surface area contributed by atoms with E-state index in [4.69, 9.17) is 4.74 Å². The molecule has 4 nitrogen and oxygen atoms in total. The zero-order chi connectivity index (χ0) is 19.3. The fourth-order valence-electron chi connectivity index (χ4n) is 2.14. The molecule has 0 saturated heterocycles. The van der Waals surface area contributed by atoms with Crippen molar-refractivity contribution in [1.29, 1.82) is 0 Å². The summed E-state index contributed by atoms with van der Waals surface area (Å²) in [6.45, 7) is 9.95. The van der Waals surface area contributed by atoms with E-state index in [1.54, 1.807) is 26.8 Å². The monoisotopic (exact) mass is 360 g/mol. The Kier molecular flexibility index (Phi) is 7.29. The Hall–Kier alpha value is -1.76. The predicted octanol–water partition coefficient (Wildman–Crippen LogP) is 4.34. The van der Waals surface area contributed by atoms with Gasteiger partial charge in [-0.1, -0.05) is 32.0 Å². The van der Waals surface area contributed by atoms with Gasteiger partial charge in [-0.2, -0.15) is 13.2 Å². The highest BCUT2D eigenvalue weighted by Gasteiger charge is 2.30. The number of hydrogen-bond donors (Lipinski definition) is 2. The standard InChI is InChI=1S/C18H27F3N2O2/c1-12(2)15(23-16(24)25-17(3,4)5)11-22-10-13-7-6-8-14(9-13)18(19,20)21/h6-9,12,15,22H,10-11H2,1-5H3,(H,23,24)/t15-/m0/s1. The number of nitrogens with one attached hydrogen (secondary N) is 2. The molecule has 0 heterocycles. The number of carbonyl (C=O) groups is 1. The third-order valence-corrected chi connectivity index (χ3v) is 3.45. The summed E-state index contributed by atoms with van der Waals surface area (Å²) >= 11 is 0. The van der Waals surface area contributed by atoms with E-state index in [0.717, 1.165) is 12.1 Å². The van der Waals surface area contributed by atoms with Gasteiger partial charge in [0.15, 0.2) is 0 Å². The maximum atomic E-state index is 12.7. The molecule has 0 saturated carbocycles. The van der Waals surface area contributed by atoms with Gasteiger partial charge in [-0.3, -0.25) is 0 Å². The summed E-state index contributed by atoms with van der Waals surface area (Å²) < 4.78 is 43.4. The van der Waals surface area contributed by atoms with Crippen molar-refractivity contribution in [2.45, 2.75) is 59.0 Å². The highest BCUT2D eigenvalue weighted by atomic mass is 19.4. The first-order valence-corrected chi connectivity index (χ1v) is 8.25. The molecule has 1 atom stereocenters. The number of hydrogen-bond acceptors (Lipinski definition) is 3. The normalized spacial score (nSPS) is 13.6. The maximum Gasteiger partial charge on any atom is 0.416 e. The van der Waals surface area contributed by atoms with E-state index in [1.165, 1.54) is 6.07 Å². The summed E-state index contributed by atoms with van der Waals surface area (Å²) in [6.07, 6.45) is -4.86. The predicted molar refractivity (Wildman–Crippen MR) is 91.1 cm³/mol. The first-order chi connectivity index (χ1) is 11.4. The lowest BCUT2D eigenvalue weighted by atomic mass is 10.0. The van der Waals surface area contributed by atoms with Crippen LogP contribution in [-0.4, -0.2) is 24.3 Å². The zero-order valence-corrected chi connectivity index (χ0v) is 15.3. The van der Waals surface area contributed by atoms with Crippen molar-refractivity contribution in [3.05, 3.63) is 35.4 Å². The molecule has 0 aliphatic rings. The van der Waals surface area contributed by atoms with Crippen molar-refractivity contribution >= 4 is 6.09 Å². The van der Waals surface area contributed by atoms with Crippen molar-refractivity contribution in [2.75, 3.05) is 6.54 Å². The van der Waals surface area contributed by atoms with E-state index in [2.05, 4.69) is 10.6 Å². The summed E-state index contributed by atoms with van der Waals surface area (Å²) in [4.78, 5) is 11.9. The van der Waals surface area contributed by atoms with Crippen LogP contribution in [0.4, 0.5) is 18.0 Å². The Morgan fingerprint density at radius 1 is 1.20 bits per heavy atom. The molecule has 1 rings (SSSR count). The number of amides is 1. The molecule has 0 aromatic heterocycles. The summed E-state index contributed by atoms with van der Waals surface area (Å²) in [6, 6.07) is 5.00. The van der Waals surface area contributed by atoms with E-state index < -0.39 is 23.4 Å². The van der Waals surface area contributed by atoms with Crippen LogP contribution >= 0.6 is 0 Å². The summed E-state index contributed by atoms with van der Waals surface area (Å²) in [7, 11) is 0. The number of ether oxygens (including phenoxy) is 1. The van der Waals surface area contributed by atoms with Crippen LogP contribution < -0.4 is 10.6 Å². The van der Waals surface area contributed by atoms with Crippen molar-refractivity contribution in [2.24, 2.45) is 5.92 Å². The van der Waals surface area contributed by atoms with Crippen molar-refractivity contribution < 1.29 is 22.7 Å². The Morgan fingerprint density at radius 2 is 1.84 bits per heavy atom. The molecule has 142 valence electrons. The first-order valence-electron chi connectivity index (χ1n) is 8.25. The quantitative estimate of drug-likeness (QED) is 0.793. The molecule has 0 bridgehead atoms. The maximum absolute atomic E-state index is 12.7. The lowest BCUT2D eigenvalue weighted by Gasteiger charge is -2.26. The van der Waals surface area contributed by atoms with Gasteiger partial charge in [0.25, 0.3) is 0 Å². The van der Waals surface area contributed by atoms with Crippen molar-refractivity contribution in [3.8, 4) is 0 Å². The zero-order valence-electron chi connectivity index (χ0n) is 15.3. The van der Waals surface area contributed by atoms with E-state index >= 15 is 0 Å². The van der Waals surface area contributed by atoms with E-state index in [9.17, 15) is 18.0 Å². The first kappa shape index (κ1) is 21.3. The van der Waals surface area contributed by atoms with Gasteiger partial charge in [0, 0.05) is 19.1 Å². The molecule has 0 radical (unpaired) electrons. The molecule has 2 N–H and O–H groups in total. The average Bonchev–Trinajstić information content (AvgIpc) is 2.43. The van der Waals surface area contributed by atoms with Crippen LogP contribution in [0.2, 0.25) is 0 Å². The Bertz CT molecular complexity index is 566.